The van der Waals surface area contributed by atoms with Crippen molar-refractivity contribution in [1.82, 2.24) is 18.4 Å². The van der Waals surface area contributed by atoms with Crippen LogP contribution in [0.25, 0.3) is 0 Å². The van der Waals surface area contributed by atoms with E-state index in [4.69, 9.17) is 23.2 Å². The number of benzene rings is 2. The van der Waals surface area contributed by atoms with Crippen molar-refractivity contribution in [3.8, 4) is 0 Å². The number of halogens is 3. The molecule has 1 saturated heterocycles. The first kappa shape index (κ1) is 27.3. The summed E-state index contributed by atoms with van der Waals surface area (Å²) < 4.78 is 40.9. The normalized spacial score (nSPS) is 23.1. The summed E-state index contributed by atoms with van der Waals surface area (Å²) in [6.07, 6.45) is 0.660. The number of carbonyl (C=O) groups excluding carboxylic acids is 1. The maximum Gasteiger partial charge on any atom is 0.281 e. The van der Waals surface area contributed by atoms with E-state index in [1.807, 2.05) is 6.07 Å². The van der Waals surface area contributed by atoms with Crippen LogP contribution in [-0.2, 0) is 27.0 Å². The molecule has 196 valence electrons. The van der Waals surface area contributed by atoms with Crippen molar-refractivity contribution in [3.63, 3.8) is 0 Å². The van der Waals surface area contributed by atoms with Crippen molar-refractivity contribution in [2.24, 2.45) is 5.92 Å². The standard InChI is InChI=1S/C25H31Cl2FN4O3S/c1-29(2)36(34,35)32-12-10-31(11-13-32)17-20-15-25(20,19-6-9-22(26)23(27)14-19)24(33)30(3)16-18-4-7-21(28)8-5-18/h4-9,14,20H,10-13,15-17H2,1-3H3/t20-,25+/m0/s1. The number of carbonyl (C=O) groups is 1. The van der Waals surface area contributed by atoms with E-state index in [2.05, 4.69) is 4.90 Å². The van der Waals surface area contributed by atoms with E-state index >= 15 is 0 Å². The number of hydrogen-bond donors (Lipinski definition) is 0. The molecule has 0 bridgehead atoms. The third-order valence-corrected chi connectivity index (χ3v) is 9.88. The molecule has 11 heteroatoms. The first-order chi connectivity index (χ1) is 16.9. The lowest BCUT2D eigenvalue weighted by molar-refractivity contribution is -0.133. The third-order valence-electron chi connectivity index (χ3n) is 7.20. The summed E-state index contributed by atoms with van der Waals surface area (Å²) >= 11 is 12.5. The van der Waals surface area contributed by atoms with Crippen LogP contribution >= 0.6 is 23.2 Å². The predicted molar refractivity (Wildman–Crippen MR) is 140 cm³/mol. The van der Waals surface area contributed by atoms with Crippen molar-refractivity contribution in [3.05, 3.63) is 69.5 Å². The second-order valence-corrected chi connectivity index (χ2v) is 12.7. The van der Waals surface area contributed by atoms with Gasteiger partial charge in [-0.3, -0.25) is 4.79 Å². The molecule has 2 fully saturated rings. The molecular weight excluding hydrogens is 526 g/mol. The van der Waals surface area contributed by atoms with Gasteiger partial charge in [-0.1, -0.05) is 41.4 Å². The Balaban J connectivity index is 1.50. The quantitative estimate of drug-likeness (QED) is 0.499. The summed E-state index contributed by atoms with van der Waals surface area (Å²) in [7, 11) is 1.38. The van der Waals surface area contributed by atoms with Crippen molar-refractivity contribution < 1.29 is 17.6 Å². The first-order valence-corrected chi connectivity index (χ1v) is 14.0. The number of piperazine rings is 1. The van der Waals surface area contributed by atoms with E-state index in [-0.39, 0.29) is 17.6 Å². The Morgan fingerprint density at radius 2 is 1.67 bits per heavy atom. The molecule has 0 N–H and O–H groups in total. The Morgan fingerprint density at radius 1 is 1.03 bits per heavy atom. The van der Waals surface area contributed by atoms with Gasteiger partial charge in [0.15, 0.2) is 0 Å². The molecule has 4 rings (SSSR count). The second kappa shape index (κ2) is 10.6. The fourth-order valence-electron chi connectivity index (χ4n) is 5.02. The fraction of sp³-hybridized carbons (Fsp3) is 0.480. The molecule has 0 aromatic heterocycles. The molecule has 7 nitrogen and oxygen atoms in total. The molecular formula is C25H31Cl2FN4O3S. The predicted octanol–water partition coefficient (Wildman–Crippen LogP) is 3.47. The molecule has 1 saturated carbocycles. The van der Waals surface area contributed by atoms with Gasteiger partial charge in [0, 0.05) is 60.4 Å². The van der Waals surface area contributed by atoms with E-state index in [1.165, 1.54) is 34.8 Å². The maximum absolute atomic E-state index is 13.9. The topological polar surface area (TPSA) is 64.2 Å². The minimum absolute atomic E-state index is 0.0240. The highest BCUT2D eigenvalue weighted by atomic mass is 35.5. The second-order valence-electron chi connectivity index (χ2n) is 9.78. The molecule has 0 radical (unpaired) electrons. The summed E-state index contributed by atoms with van der Waals surface area (Å²) in [5.41, 5.74) is 0.925. The van der Waals surface area contributed by atoms with Crippen molar-refractivity contribution >= 4 is 39.3 Å². The van der Waals surface area contributed by atoms with Crippen molar-refractivity contribution in [2.75, 3.05) is 53.9 Å². The molecule has 1 amide bonds. The molecule has 2 aromatic carbocycles. The fourth-order valence-corrected chi connectivity index (χ4v) is 6.41. The van der Waals surface area contributed by atoms with E-state index in [1.54, 1.807) is 36.2 Å². The zero-order valence-corrected chi connectivity index (χ0v) is 23.0. The Hall–Kier alpha value is -1.75. The Morgan fingerprint density at radius 3 is 2.25 bits per heavy atom. The molecule has 1 heterocycles. The van der Waals surface area contributed by atoms with Gasteiger partial charge in [-0.25, -0.2) is 4.39 Å². The van der Waals surface area contributed by atoms with Gasteiger partial charge in [-0.05, 0) is 47.7 Å². The summed E-state index contributed by atoms with van der Waals surface area (Å²) in [5.74, 6) is -0.292. The van der Waals surface area contributed by atoms with Gasteiger partial charge in [0.2, 0.25) is 5.91 Å². The van der Waals surface area contributed by atoms with Crippen LogP contribution in [0.15, 0.2) is 42.5 Å². The van der Waals surface area contributed by atoms with Gasteiger partial charge >= 0.3 is 0 Å². The summed E-state index contributed by atoms with van der Waals surface area (Å²) in [4.78, 5) is 17.8. The van der Waals surface area contributed by atoms with Crippen molar-refractivity contribution in [2.45, 2.75) is 18.4 Å². The lowest BCUT2D eigenvalue weighted by Gasteiger charge is -2.35. The van der Waals surface area contributed by atoms with Crippen LogP contribution in [-0.4, -0.2) is 86.6 Å². The van der Waals surface area contributed by atoms with Gasteiger partial charge in [0.25, 0.3) is 10.2 Å². The highest BCUT2D eigenvalue weighted by molar-refractivity contribution is 7.86. The zero-order valence-electron chi connectivity index (χ0n) is 20.6. The largest absolute Gasteiger partial charge is 0.341 e. The Kier molecular flexibility index (Phi) is 8.00. The monoisotopic (exact) mass is 556 g/mol. The maximum atomic E-state index is 13.9. The molecule has 0 unspecified atom stereocenters. The molecule has 1 aliphatic heterocycles. The highest BCUT2D eigenvalue weighted by Crippen LogP contribution is 2.56. The molecule has 0 spiro atoms. The van der Waals surface area contributed by atoms with Gasteiger partial charge in [0.05, 0.1) is 15.5 Å². The smallest absolute Gasteiger partial charge is 0.281 e. The number of nitrogens with zero attached hydrogens (tertiary/aromatic N) is 4. The van der Waals surface area contributed by atoms with Gasteiger partial charge in [0.1, 0.15) is 5.82 Å². The summed E-state index contributed by atoms with van der Waals surface area (Å²) in [6.45, 7) is 3.04. The Labute approximate surface area is 222 Å². The van der Waals surface area contributed by atoms with Crippen LogP contribution in [0, 0.1) is 11.7 Å². The minimum Gasteiger partial charge on any atom is -0.341 e. The Bertz CT molecular complexity index is 1220. The SMILES string of the molecule is CN(Cc1ccc(F)cc1)C(=O)[C@@]1(c2ccc(Cl)c(Cl)c2)C[C@H]1CN1CCN(S(=O)(=O)N(C)C)CC1. The van der Waals surface area contributed by atoms with E-state index in [0.717, 1.165) is 11.1 Å². The molecule has 36 heavy (non-hydrogen) atoms. The van der Waals surface area contributed by atoms with E-state index in [9.17, 15) is 17.6 Å². The number of rotatable bonds is 8. The average Bonchev–Trinajstić information content (AvgIpc) is 3.56. The third kappa shape index (κ3) is 5.42. The van der Waals surface area contributed by atoms with Crippen LogP contribution in [0.3, 0.4) is 0 Å². The van der Waals surface area contributed by atoms with Crippen LogP contribution < -0.4 is 0 Å². The van der Waals surface area contributed by atoms with E-state index < -0.39 is 15.6 Å². The highest BCUT2D eigenvalue weighted by Gasteiger charge is 2.62. The van der Waals surface area contributed by atoms with Crippen LogP contribution in [0.2, 0.25) is 10.0 Å². The molecule has 2 atom stereocenters. The minimum atomic E-state index is -3.44. The van der Waals surface area contributed by atoms with Gasteiger partial charge < -0.3 is 9.80 Å². The lowest BCUT2D eigenvalue weighted by Crippen LogP contribution is -2.52. The van der Waals surface area contributed by atoms with Crippen LogP contribution in [0.4, 0.5) is 4.39 Å². The van der Waals surface area contributed by atoms with Gasteiger partial charge in [-0.15, -0.1) is 0 Å². The molecule has 1 aliphatic carbocycles. The van der Waals surface area contributed by atoms with Gasteiger partial charge in [-0.2, -0.15) is 17.0 Å². The zero-order chi connectivity index (χ0) is 26.3. The number of amides is 1. The number of hydrogen-bond acceptors (Lipinski definition) is 4. The summed E-state index contributed by atoms with van der Waals surface area (Å²) in [6, 6.07) is 11.5. The molecule has 2 aromatic rings. The number of likely N-dealkylation sites (N-methyl/N-ethyl adjacent to an activating group) is 1. The van der Waals surface area contributed by atoms with Crippen LogP contribution in [0.5, 0.6) is 0 Å². The van der Waals surface area contributed by atoms with E-state index in [0.29, 0.717) is 55.7 Å². The average molecular weight is 558 g/mol. The lowest BCUT2D eigenvalue weighted by atomic mass is 9.91. The van der Waals surface area contributed by atoms with Crippen molar-refractivity contribution in [1.29, 1.82) is 0 Å². The summed E-state index contributed by atoms with van der Waals surface area (Å²) in [5, 5.41) is 0.828. The molecule has 2 aliphatic rings. The first-order valence-electron chi connectivity index (χ1n) is 11.8. The van der Waals surface area contributed by atoms with Crippen LogP contribution in [0.1, 0.15) is 17.5 Å².